The van der Waals surface area contributed by atoms with Gasteiger partial charge in [0.15, 0.2) is 5.78 Å². The fourth-order valence-corrected chi connectivity index (χ4v) is 6.73. The van der Waals surface area contributed by atoms with Crippen LogP contribution in [0.5, 0.6) is 0 Å². The molecule has 7 rings (SSSR count). The van der Waals surface area contributed by atoms with E-state index in [1.165, 1.54) is 0 Å². The van der Waals surface area contributed by atoms with Gasteiger partial charge in [-0.25, -0.2) is 0 Å². The SMILES string of the molecule is O=C(c1ccccc1)[C@@H]1[C@@H]([C]2[CH][CH][CH][CH]2)[C@]2(c3ccccc3)O[C@@]1(c1ccccc1)c1ccccc12. The molecule has 4 aromatic rings. The molecular weight excluding hydrogens is 440 g/mol. The third-order valence-electron chi connectivity index (χ3n) is 8.05. The fourth-order valence-electron chi connectivity index (χ4n) is 6.73. The maximum absolute atomic E-state index is 14.6. The number of hydrogen-bond acceptors (Lipinski definition) is 2. The molecule has 2 heteroatoms. The smallest absolute Gasteiger partial charge is 0.169 e. The van der Waals surface area contributed by atoms with Crippen molar-refractivity contribution in [1.82, 2.24) is 0 Å². The highest BCUT2D eigenvalue weighted by Crippen LogP contribution is 2.71. The van der Waals surface area contributed by atoms with E-state index in [2.05, 4.69) is 86.3 Å². The molecule has 0 aromatic heterocycles. The maximum atomic E-state index is 14.6. The van der Waals surface area contributed by atoms with Crippen molar-refractivity contribution in [3.05, 3.63) is 175 Å². The predicted molar refractivity (Wildman–Crippen MR) is 140 cm³/mol. The summed E-state index contributed by atoms with van der Waals surface area (Å²) in [6.45, 7) is 0. The normalized spacial score (nSPS) is 28.8. The monoisotopic (exact) mass is 465 g/mol. The first kappa shape index (κ1) is 21.8. The van der Waals surface area contributed by atoms with Gasteiger partial charge in [0.1, 0.15) is 11.2 Å². The van der Waals surface area contributed by atoms with E-state index in [-0.39, 0.29) is 11.7 Å². The summed E-state index contributed by atoms with van der Waals surface area (Å²) in [5.74, 6) is 0.593. The molecule has 2 bridgehead atoms. The number of carbonyl (C=O) groups excluding carboxylic acids is 1. The molecule has 2 fully saturated rings. The van der Waals surface area contributed by atoms with Gasteiger partial charge in [-0.05, 0) is 53.9 Å². The van der Waals surface area contributed by atoms with Crippen molar-refractivity contribution in [2.24, 2.45) is 11.8 Å². The molecule has 36 heavy (non-hydrogen) atoms. The Bertz CT molecular complexity index is 1390. The predicted octanol–water partition coefficient (Wildman–Crippen LogP) is 6.74. The molecule has 3 aliphatic rings. The number of ketones is 1. The molecule has 2 nitrogen and oxygen atoms in total. The first-order valence-corrected chi connectivity index (χ1v) is 12.5. The van der Waals surface area contributed by atoms with Crippen LogP contribution in [0, 0.1) is 43.4 Å². The summed E-state index contributed by atoms with van der Waals surface area (Å²) in [7, 11) is 0. The van der Waals surface area contributed by atoms with Gasteiger partial charge in [0.2, 0.25) is 0 Å². The van der Waals surface area contributed by atoms with Gasteiger partial charge >= 0.3 is 0 Å². The van der Waals surface area contributed by atoms with Gasteiger partial charge in [-0.15, -0.1) is 0 Å². The second-order valence-corrected chi connectivity index (χ2v) is 9.75. The molecule has 2 heterocycles. The van der Waals surface area contributed by atoms with Gasteiger partial charge < -0.3 is 4.74 Å². The van der Waals surface area contributed by atoms with Crippen LogP contribution in [0.3, 0.4) is 0 Å². The Hall–Kier alpha value is -3.49. The van der Waals surface area contributed by atoms with E-state index in [9.17, 15) is 4.79 Å². The molecule has 4 atom stereocenters. The topological polar surface area (TPSA) is 26.3 Å². The highest BCUT2D eigenvalue weighted by molar-refractivity contribution is 6.00. The summed E-state index contributed by atoms with van der Waals surface area (Å²) in [5, 5.41) is 0. The molecular formula is C34H25O2. The number of carbonyl (C=O) groups is 1. The van der Waals surface area contributed by atoms with E-state index < -0.39 is 17.1 Å². The first-order chi connectivity index (χ1) is 17.8. The van der Waals surface area contributed by atoms with Gasteiger partial charge in [0.05, 0.1) is 5.92 Å². The van der Waals surface area contributed by atoms with Gasteiger partial charge in [-0.2, -0.15) is 0 Å². The van der Waals surface area contributed by atoms with Crippen molar-refractivity contribution >= 4 is 5.78 Å². The Labute approximate surface area is 213 Å². The van der Waals surface area contributed by atoms with Crippen molar-refractivity contribution in [1.29, 1.82) is 0 Å². The van der Waals surface area contributed by atoms with E-state index >= 15 is 0 Å². The number of rotatable bonds is 5. The number of ether oxygens (including phenoxy) is 1. The molecule has 173 valence electrons. The number of hydrogen-bond donors (Lipinski definition) is 0. The largest absolute Gasteiger partial charge is 0.348 e. The van der Waals surface area contributed by atoms with Gasteiger partial charge in [-0.1, -0.05) is 115 Å². The maximum Gasteiger partial charge on any atom is 0.169 e. The van der Waals surface area contributed by atoms with Crippen molar-refractivity contribution in [2.45, 2.75) is 11.2 Å². The lowest BCUT2D eigenvalue weighted by molar-refractivity contribution is -0.0540. The van der Waals surface area contributed by atoms with E-state index in [4.69, 9.17) is 4.74 Å². The van der Waals surface area contributed by atoms with Gasteiger partial charge in [0.25, 0.3) is 0 Å². The lowest BCUT2D eigenvalue weighted by Crippen LogP contribution is -2.46. The number of fused-ring (bicyclic) bond motifs is 5. The third kappa shape index (κ3) is 2.85. The molecule has 0 spiro atoms. The Morgan fingerprint density at radius 1 is 0.583 bits per heavy atom. The Morgan fingerprint density at radius 2 is 1.06 bits per heavy atom. The van der Waals surface area contributed by atoms with Gasteiger partial charge in [-0.3, -0.25) is 4.79 Å². The standard InChI is InChI=1S/C34H25O2/c35-32(25-16-4-1-5-17-25)31-30(24-14-10-11-15-24)33(26-18-6-2-7-19-26)28-22-12-13-23-29(28)34(31,36-33)27-20-8-3-9-21-27/h1-23,30-31H/t30-,31+,33-,34+/m1/s1. The third-order valence-corrected chi connectivity index (χ3v) is 8.05. The number of Topliss-reactive ketones (excluding diaryl/α,β-unsaturated/α-hetero) is 1. The highest BCUT2D eigenvalue weighted by Gasteiger charge is 2.73. The molecule has 1 saturated heterocycles. The summed E-state index contributed by atoms with van der Waals surface area (Å²) < 4.78 is 7.46. The molecule has 0 amide bonds. The average molecular weight is 466 g/mol. The minimum atomic E-state index is -0.914. The zero-order chi connectivity index (χ0) is 24.2. The summed E-state index contributed by atoms with van der Waals surface area (Å²) in [6.07, 6.45) is 8.41. The second kappa shape index (κ2) is 8.28. The summed E-state index contributed by atoms with van der Waals surface area (Å²) in [6, 6.07) is 38.9. The van der Waals surface area contributed by atoms with Crippen LogP contribution < -0.4 is 0 Å². The van der Waals surface area contributed by atoms with Gasteiger partial charge in [0, 0.05) is 11.5 Å². The molecule has 2 aliphatic heterocycles. The minimum Gasteiger partial charge on any atom is -0.348 e. The van der Waals surface area contributed by atoms with Crippen LogP contribution in [0.1, 0.15) is 32.6 Å². The molecule has 1 aliphatic carbocycles. The quantitative estimate of drug-likeness (QED) is 0.305. The second-order valence-electron chi connectivity index (χ2n) is 9.75. The van der Waals surface area contributed by atoms with Crippen LogP contribution in [0.15, 0.2) is 115 Å². The number of benzene rings is 4. The molecule has 0 unspecified atom stereocenters. The van der Waals surface area contributed by atoms with Crippen LogP contribution >= 0.6 is 0 Å². The van der Waals surface area contributed by atoms with E-state index in [0.717, 1.165) is 28.2 Å². The van der Waals surface area contributed by atoms with Crippen LogP contribution in [-0.4, -0.2) is 5.78 Å². The van der Waals surface area contributed by atoms with E-state index in [0.29, 0.717) is 5.56 Å². The van der Waals surface area contributed by atoms with Crippen LogP contribution in [0.4, 0.5) is 0 Å². The molecule has 5 radical (unpaired) electrons. The zero-order valence-electron chi connectivity index (χ0n) is 19.8. The summed E-state index contributed by atoms with van der Waals surface area (Å²) >= 11 is 0. The Kier molecular flexibility index (Phi) is 5.01. The van der Waals surface area contributed by atoms with E-state index in [1.807, 2.05) is 54.6 Å². The lowest BCUT2D eigenvalue weighted by Gasteiger charge is -2.42. The zero-order valence-corrected chi connectivity index (χ0v) is 19.8. The van der Waals surface area contributed by atoms with Crippen LogP contribution in [0.2, 0.25) is 0 Å². The van der Waals surface area contributed by atoms with Crippen LogP contribution in [-0.2, 0) is 15.9 Å². The van der Waals surface area contributed by atoms with Crippen LogP contribution in [0.25, 0.3) is 0 Å². The fraction of sp³-hybridized carbons (Fsp3) is 0.118. The first-order valence-electron chi connectivity index (χ1n) is 12.5. The highest BCUT2D eigenvalue weighted by atomic mass is 16.5. The summed E-state index contributed by atoms with van der Waals surface area (Å²) in [5.41, 5.74) is 3.31. The van der Waals surface area contributed by atoms with Crippen molar-refractivity contribution in [3.8, 4) is 0 Å². The molecule has 1 saturated carbocycles. The summed E-state index contributed by atoms with van der Waals surface area (Å²) in [4.78, 5) is 14.6. The van der Waals surface area contributed by atoms with E-state index in [1.54, 1.807) is 0 Å². The Morgan fingerprint density at radius 3 is 1.64 bits per heavy atom. The minimum absolute atomic E-state index is 0.109. The Balaban J connectivity index is 1.57. The van der Waals surface area contributed by atoms with Crippen molar-refractivity contribution in [3.63, 3.8) is 0 Å². The molecule has 4 aromatic carbocycles. The molecule has 0 N–H and O–H groups in total. The lowest BCUT2D eigenvalue weighted by atomic mass is 9.55. The van der Waals surface area contributed by atoms with Crippen molar-refractivity contribution in [2.75, 3.05) is 0 Å². The van der Waals surface area contributed by atoms with Crippen molar-refractivity contribution < 1.29 is 9.53 Å². The average Bonchev–Trinajstić information content (AvgIpc) is 3.67.